The van der Waals surface area contributed by atoms with Crippen LogP contribution < -0.4 is 5.32 Å². The average Bonchev–Trinajstić information content (AvgIpc) is 2.76. The summed E-state index contributed by atoms with van der Waals surface area (Å²) < 4.78 is 38.8. The highest BCUT2D eigenvalue weighted by atomic mass is 35.5. The fraction of sp³-hybridized carbons (Fsp3) is 0.167. The number of carbonyl (C=O) groups excluding carboxylic acids is 1. The lowest BCUT2D eigenvalue weighted by Crippen LogP contribution is -2.16. The van der Waals surface area contributed by atoms with Gasteiger partial charge in [-0.3, -0.25) is 19.6 Å². The number of aromatic nitrogens is 2. The van der Waals surface area contributed by atoms with Crippen molar-refractivity contribution in [2.45, 2.75) is 6.18 Å². The monoisotopic (exact) mass is 364 g/mol. The number of nitrogens with one attached hydrogen (secondary N) is 1. The Morgan fingerprint density at radius 2 is 2.08 bits per heavy atom. The first-order valence-electron chi connectivity index (χ1n) is 6.10. The summed E-state index contributed by atoms with van der Waals surface area (Å²) in [5, 5.41) is 24.6. The van der Waals surface area contributed by atoms with Crippen LogP contribution in [0.25, 0.3) is 0 Å². The second kappa shape index (κ2) is 6.00. The van der Waals surface area contributed by atoms with Crippen LogP contribution in [0.2, 0.25) is 5.02 Å². The molecule has 0 fully saturated rings. The van der Waals surface area contributed by atoms with E-state index in [4.69, 9.17) is 11.6 Å². The van der Waals surface area contributed by atoms with Gasteiger partial charge in [0.1, 0.15) is 16.5 Å². The van der Waals surface area contributed by atoms with Crippen molar-refractivity contribution in [3.63, 3.8) is 0 Å². The molecule has 2 N–H and O–H groups in total. The van der Waals surface area contributed by atoms with Crippen molar-refractivity contribution in [3.05, 3.63) is 44.7 Å². The van der Waals surface area contributed by atoms with E-state index in [0.29, 0.717) is 4.68 Å². The number of anilines is 1. The van der Waals surface area contributed by atoms with Gasteiger partial charge in [0, 0.05) is 13.1 Å². The molecule has 0 spiro atoms. The van der Waals surface area contributed by atoms with Crippen LogP contribution in [-0.2, 0) is 13.2 Å². The Balaban J connectivity index is 2.35. The molecule has 1 aromatic carbocycles. The van der Waals surface area contributed by atoms with Gasteiger partial charge in [-0.15, -0.1) is 0 Å². The molecule has 0 aliphatic carbocycles. The number of alkyl halides is 3. The summed E-state index contributed by atoms with van der Waals surface area (Å²) in [5.41, 5.74) is -2.67. The third-order valence-electron chi connectivity index (χ3n) is 2.91. The van der Waals surface area contributed by atoms with Gasteiger partial charge in [0.2, 0.25) is 0 Å². The first-order valence-corrected chi connectivity index (χ1v) is 6.48. The van der Waals surface area contributed by atoms with E-state index in [2.05, 4.69) is 10.4 Å². The second-order valence-corrected chi connectivity index (χ2v) is 4.92. The zero-order valence-electron chi connectivity index (χ0n) is 11.8. The second-order valence-electron chi connectivity index (χ2n) is 4.55. The molecule has 2 aromatic rings. The van der Waals surface area contributed by atoms with Crippen molar-refractivity contribution in [2.75, 3.05) is 5.32 Å². The zero-order chi connectivity index (χ0) is 18.2. The van der Waals surface area contributed by atoms with Crippen molar-refractivity contribution in [3.8, 4) is 5.75 Å². The van der Waals surface area contributed by atoms with Crippen LogP contribution in [0.1, 0.15) is 16.2 Å². The van der Waals surface area contributed by atoms with Gasteiger partial charge in [0.15, 0.2) is 5.69 Å². The Hall–Kier alpha value is -2.82. The number of phenolic OH excluding ortho intramolecular Hbond substituents is 1. The van der Waals surface area contributed by atoms with Crippen LogP contribution in [0.4, 0.5) is 24.5 Å². The van der Waals surface area contributed by atoms with E-state index in [1.807, 2.05) is 0 Å². The van der Waals surface area contributed by atoms with Crippen molar-refractivity contribution >= 4 is 28.9 Å². The third-order valence-corrected chi connectivity index (χ3v) is 3.27. The number of aryl methyl sites for hydroxylation is 1. The number of amides is 1. The van der Waals surface area contributed by atoms with E-state index in [9.17, 15) is 33.2 Å². The number of phenols is 1. The molecule has 2 rings (SSSR count). The molecule has 0 saturated heterocycles. The summed E-state index contributed by atoms with van der Waals surface area (Å²) in [5.74, 6) is -1.71. The molecule has 24 heavy (non-hydrogen) atoms. The van der Waals surface area contributed by atoms with E-state index in [1.54, 1.807) is 0 Å². The first-order chi connectivity index (χ1) is 11.0. The van der Waals surface area contributed by atoms with Gasteiger partial charge in [-0.2, -0.15) is 18.3 Å². The van der Waals surface area contributed by atoms with Crippen LogP contribution in [0.15, 0.2) is 18.2 Å². The lowest BCUT2D eigenvalue weighted by atomic mass is 10.2. The highest BCUT2D eigenvalue weighted by molar-refractivity contribution is 6.34. The van der Waals surface area contributed by atoms with Crippen molar-refractivity contribution in [1.82, 2.24) is 9.78 Å². The van der Waals surface area contributed by atoms with Gasteiger partial charge in [-0.25, -0.2) is 0 Å². The van der Waals surface area contributed by atoms with Crippen LogP contribution in [0, 0.1) is 10.1 Å². The maximum absolute atomic E-state index is 12.7. The molecule has 0 saturated carbocycles. The normalized spacial score (nSPS) is 11.4. The standard InChI is InChI=1S/C12H8ClF3N4O4/c1-19-9(8(13)10(18-19)12(14,15)16)11(22)17-6-3-2-5(20(23)24)4-7(6)21/h2-4,21H,1H3,(H,17,22). The molecule has 1 aromatic heterocycles. The van der Waals surface area contributed by atoms with Gasteiger partial charge < -0.3 is 10.4 Å². The summed E-state index contributed by atoms with van der Waals surface area (Å²) in [6.45, 7) is 0. The Morgan fingerprint density at radius 1 is 1.46 bits per heavy atom. The van der Waals surface area contributed by atoms with E-state index in [-0.39, 0.29) is 5.69 Å². The quantitative estimate of drug-likeness (QED) is 0.494. The topological polar surface area (TPSA) is 110 Å². The summed E-state index contributed by atoms with van der Waals surface area (Å²) >= 11 is 5.57. The molecule has 0 aliphatic rings. The van der Waals surface area contributed by atoms with E-state index < -0.39 is 44.9 Å². The third kappa shape index (κ3) is 3.25. The minimum atomic E-state index is -4.84. The molecule has 0 aliphatic heterocycles. The molecule has 0 radical (unpaired) electrons. The molecule has 128 valence electrons. The number of halogens is 4. The number of rotatable bonds is 3. The number of nitro benzene ring substituents is 1. The molecule has 0 unspecified atom stereocenters. The zero-order valence-corrected chi connectivity index (χ0v) is 12.5. The average molecular weight is 365 g/mol. The fourth-order valence-corrected chi connectivity index (χ4v) is 2.20. The minimum Gasteiger partial charge on any atom is -0.506 e. The number of hydrogen-bond acceptors (Lipinski definition) is 5. The van der Waals surface area contributed by atoms with Gasteiger partial charge in [-0.05, 0) is 6.07 Å². The van der Waals surface area contributed by atoms with Crippen molar-refractivity contribution in [2.24, 2.45) is 7.05 Å². The molecule has 0 bridgehead atoms. The number of nitro groups is 1. The van der Waals surface area contributed by atoms with Crippen molar-refractivity contribution in [1.29, 1.82) is 0 Å². The Morgan fingerprint density at radius 3 is 2.54 bits per heavy atom. The molecule has 1 amide bonds. The largest absolute Gasteiger partial charge is 0.506 e. The molecule has 8 nitrogen and oxygen atoms in total. The smallest absolute Gasteiger partial charge is 0.436 e. The van der Waals surface area contributed by atoms with E-state index in [0.717, 1.165) is 25.2 Å². The Labute approximate surface area is 136 Å². The van der Waals surface area contributed by atoms with Gasteiger partial charge in [-0.1, -0.05) is 11.6 Å². The predicted octanol–water partition coefficient (Wildman–Crippen LogP) is 2.96. The number of non-ortho nitro benzene ring substituents is 1. The summed E-state index contributed by atoms with van der Waals surface area (Å²) in [7, 11) is 1.09. The van der Waals surface area contributed by atoms with Gasteiger partial charge in [0.25, 0.3) is 11.6 Å². The lowest BCUT2D eigenvalue weighted by Gasteiger charge is -2.07. The van der Waals surface area contributed by atoms with Gasteiger partial charge >= 0.3 is 6.18 Å². The van der Waals surface area contributed by atoms with Crippen LogP contribution in [0.5, 0.6) is 5.75 Å². The summed E-state index contributed by atoms with van der Waals surface area (Å²) in [6.07, 6.45) is -4.84. The summed E-state index contributed by atoms with van der Waals surface area (Å²) in [4.78, 5) is 21.9. The minimum absolute atomic E-state index is 0.239. The predicted molar refractivity (Wildman–Crippen MR) is 75.9 cm³/mol. The molecular formula is C12H8ClF3N4O4. The van der Waals surface area contributed by atoms with Crippen molar-refractivity contribution < 1.29 is 28.0 Å². The highest BCUT2D eigenvalue weighted by Gasteiger charge is 2.39. The van der Waals surface area contributed by atoms with Crippen LogP contribution >= 0.6 is 11.6 Å². The molecule has 1 heterocycles. The Kier molecular flexibility index (Phi) is 4.38. The van der Waals surface area contributed by atoms with Gasteiger partial charge in [0.05, 0.1) is 16.7 Å². The van der Waals surface area contributed by atoms with Crippen LogP contribution in [-0.4, -0.2) is 25.7 Å². The maximum Gasteiger partial charge on any atom is 0.436 e. The lowest BCUT2D eigenvalue weighted by molar-refractivity contribution is -0.384. The Bertz CT molecular complexity index is 834. The number of aromatic hydroxyl groups is 1. The molecular weight excluding hydrogens is 357 g/mol. The number of hydrogen-bond donors (Lipinski definition) is 2. The summed E-state index contributed by atoms with van der Waals surface area (Å²) in [6, 6.07) is 2.81. The van der Waals surface area contributed by atoms with E-state index >= 15 is 0 Å². The number of benzene rings is 1. The van der Waals surface area contributed by atoms with E-state index in [1.165, 1.54) is 0 Å². The molecule has 0 atom stereocenters. The SMILES string of the molecule is Cn1nc(C(F)(F)F)c(Cl)c1C(=O)Nc1ccc([N+](=O)[O-])cc1O. The maximum atomic E-state index is 12.7. The highest BCUT2D eigenvalue weighted by Crippen LogP contribution is 2.36. The number of nitrogens with zero attached hydrogens (tertiary/aromatic N) is 3. The number of carbonyl (C=O) groups is 1. The fourth-order valence-electron chi connectivity index (χ4n) is 1.85. The van der Waals surface area contributed by atoms with Crippen LogP contribution in [0.3, 0.4) is 0 Å². The molecule has 12 heteroatoms. The first kappa shape index (κ1) is 17.5.